The summed E-state index contributed by atoms with van der Waals surface area (Å²) in [6.07, 6.45) is -3.35. The van der Waals surface area contributed by atoms with Gasteiger partial charge in [-0.25, -0.2) is 8.78 Å². The van der Waals surface area contributed by atoms with Gasteiger partial charge in [-0.05, 0) is 12.8 Å². The second-order valence-corrected chi connectivity index (χ2v) is 4.81. The van der Waals surface area contributed by atoms with Gasteiger partial charge in [0, 0.05) is 25.6 Å². The summed E-state index contributed by atoms with van der Waals surface area (Å²) < 4.78 is 61.0. The first-order chi connectivity index (χ1) is 8.37. The zero-order valence-corrected chi connectivity index (χ0v) is 9.63. The molecule has 18 heavy (non-hydrogen) atoms. The first kappa shape index (κ1) is 13.7. The van der Waals surface area contributed by atoms with Gasteiger partial charge >= 0.3 is 12.3 Å². The van der Waals surface area contributed by atoms with Gasteiger partial charge in [-0.3, -0.25) is 4.79 Å². The molecule has 2 fully saturated rings. The predicted molar refractivity (Wildman–Crippen MR) is 52.8 cm³/mol. The van der Waals surface area contributed by atoms with Crippen LogP contribution < -0.4 is 0 Å². The Morgan fingerprint density at radius 1 is 1.33 bits per heavy atom. The Labute approximate surface area is 101 Å². The summed E-state index contributed by atoms with van der Waals surface area (Å²) >= 11 is 0. The molecule has 0 aromatic rings. The molecule has 0 amide bonds. The molecule has 104 valence electrons. The third kappa shape index (κ3) is 2.38. The average Bonchev–Trinajstić information content (AvgIpc) is 2.76. The van der Waals surface area contributed by atoms with Crippen molar-refractivity contribution in [2.24, 2.45) is 5.92 Å². The number of carbonyl (C=O) groups excluding carboxylic acids is 1. The van der Waals surface area contributed by atoms with E-state index in [-0.39, 0.29) is 26.1 Å². The van der Waals surface area contributed by atoms with E-state index in [2.05, 4.69) is 0 Å². The molecule has 0 N–H and O–H groups in total. The van der Waals surface area contributed by atoms with E-state index in [9.17, 15) is 22.4 Å². The maximum absolute atomic E-state index is 13.0. The Morgan fingerprint density at radius 2 is 2.06 bits per heavy atom. The maximum Gasteiger partial charge on any atom is 0.364 e. The van der Waals surface area contributed by atoms with Gasteiger partial charge in [0.05, 0.1) is 12.2 Å². The quantitative estimate of drug-likeness (QED) is 0.736. The third-order valence-electron chi connectivity index (χ3n) is 3.53. The summed E-state index contributed by atoms with van der Waals surface area (Å²) in [5.74, 6) is -7.32. The van der Waals surface area contributed by atoms with Crippen LogP contribution in [0.4, 0.5) is 17.6 Å². The molecule has 0 radical (unpaired) electrons. The van der Waals surface area contributed by atoms with Crippen LogP contribution in [0.3, 0.4) is 0 Å². The number of carbonyl (C=O) groups is 1. The second kappa shape index (κ2) is 4.77. The Kier molecular flexibility index (Phi) is 3.64. The Hall–Kier alpha value is -0.690. The topological polar surface area (TPSA) is 35.5 Å². The standard InChI is InChI=1S/C11H14F4O3/c12-9(13)11(14,15)8(16)7-1-3-18-10(5-7)2-4-17-6-10/h7,9H,1-6H2. The van der Waals surface area contributed by atoms with E-state index >= 15 is 0 Å². The van der Waals surface area contributed by atoms with Crippen molar-refractivity contribution in [3.05, 3.63) is 0 Å². The molecule has 7 heteroatoms. The second-order valence-electron chi connectivity index (χ2n) is 4.81. The first-order valence-electron chi connectivity index (χ1n) is 5.79. The molecule has 0 bridgehead atoms. The highest BCUT2D eigenvalue weighted by Gasteiger charge is 2.54. The molecule has 0 aliphatic carbocycles. The summed E-state index contributed by atoms with van der Waals surface area (Å²) in [5, 5.41) is 0. The summed E-state index contributed by atoms with van der Waals surface area (Å²) in [5.41, 5.74) is -0.739. The van der Waals surface area contributed by atoms with Gasteiger partial charge in [-0.1, -0.05) is 0 Å². The normalized spacial score (nSPS) is 33.3. The zero-order valence-electron chi connectivity index (χ0n) is 9.63. The molecule has 0 saturated carbocycles. The molecule has 3 nitrogen and oxygen atoms in total. The maximum atomic E-state index is 13.0. The molecule has 2 aliphatic rings. The van der Waals surface area contributed by atoms with E-state index in [0.29, 0.717) is 13.0 Å². The van der Waals surface area contributed by atoms with Gasteiger partial charge in [-0.15, -0.1) is 0 Å². The largest absolute Gasteiger partial charge is 0.378 e. The number of ketones is 1. The van der Waals surface area contributed by atoms with E-state index in [4.69, 9.17) is 9.47 Å². The van der Waals surface area contributed by atoms with Crippen LogP contribution in [-0.2, 0) is 14.3 Å². The Morgan fingerprint density at radius 3 is 2.61 bits per heavy atom. The minimum atomic E-state index is -4.57. The van der Waals surface area contributed by atoms with E-state index in [0.717, 1.165) is 0 Å². The predicted octanol–water partition coefficient (Wildman–Crippen LogP) is 2.04. The molecular formula is C11H14F4O3. The van der Waals surface area contributed by atoms with Crippen molar-refractivity contribution in [3.8, 4) is 0 Å². The van der Waals surface area contributed by atoms with Crippen molar-refractivity contribution in [2.45, 2.75) is 37.2 Å². The van der Waals surface area contributed by atoms with Crippen LogP contribution in [0.1, 0.15) is 19.3 Å². The Balaban J connectivity index is 2.07. The first-order valence-corrected chi connectivity index (χ1v) is 5.79. The molecule has 2 aliphatic heterocycles. The monoisotopic (exact) mass is 270 g/mol. The SMILES string of the molecule is O=C(C1CCOC2(CCOC2)C1)C(F)(F)C(F)F. The molecule has 2 atom stereocenters. The highest BCUT2D eigenvalue weighted by Crippen LogP contribution is 2.39. The average molecular weight is 270 g/mol. The lowest BCUT2D eigenvalue weighted by Gasteiger charge is -2.37. The minimum absolute atomic E-state index is 0.0359. The fraction of sp³-hybridized carbons (Fsp3) is 0.909. The van der Waals surface area contributed by atoms with Gasteiger partial charge in [0.15, 0.2) is 0 Å². The van der Waals surface area contributed by atoms with Crippen LogP contribution in [0, 0.1) is 5.92 Å². The van der Waals surface area contributed by atoms with Crippen molar-refractivity contribution < 1.29 is 31.8 Å². The van der Waals surface area contributed by atoms with Crippen molar-refractivity contribution in [2.75, 3.05) is 19.8 Å². The van der Waals surface area contributed by atoms with Crippen LogP contribution >= 0.6 is 0 Å². The van der Waals surface area contributed by atoms with Crippen molar-refractivity contribution in [1.82, 2.24) is 0 Å². The number of halogens is 4. The fourth-order valence-corrected chi connectivity index (χ4v) is 2.49. The lowest BCUT2D eigenvalue weighted by molar-refractivity contribution is -0.179. The van der Waals surface area contributed by atoms with Crippen LogP contribution in [0.5, 0.6) is 0 Å². The molecule has 2 saturated heterocycles. The molecule has 2 rings (SSSR count). The number of ether oxygens (including phenoxy) is 2. The number of rotatable bonds is 3. The van der Waals surface area contributed by atoms with Crippen molar-refractivity contribution in [3.63, 3.8) is 0 Å². The van der Waals surface area contributed by atoms with Crippen LogP contribution in [-0.4, -0.2) is 43.6 Å². The smallest absolute Gasteiger partial charge is 0.364 e. The number of hydrogen-bond donors (Lipinski definition) is 0. The summed E-state index contributed by atoms with van der Waals surface area (Å²) in [4.78, 5) is 11.5. The van der Waals surface area contributed by atoms with Gasteiger partial charge in [-0.2, -0.15) is 8.78 Å². The lowest BCUT2D eigenvalue weighted by Crippen LogP contribution is -2.48. The highest BCUT2D eigenvalue weighted by molar-refractivity contribution is 5.88. The van der Waals surface area contributed by atoms with Crippen LogP contribution in [0.15, 0.2) is 0 Å². The molecule has 2 heterocycles. The van der Waals surface area contributed by atoms with Crippen LogP contribution in [0.25, 0.3) is 0 Å². The van der Waals surface area contributed by atoms with Crippen molar-refractivity contribution >= 4 is 5.78 Å². The van der Waals surface area contributed by atoms with E-state index in [1.165, 1.54) is 0 Å². The van der Waals surface area contributed by atoms with Gasteiger partial charge in [0.1, 0.15) is 0 Å². The Bertz CT molecular complexity index is 326. The highest BCUT2D eigenvalue weighted by atomic mass is 19.3. The van der Waals surface area contributed by atoms with Crippen LogP contribution in [0.2, 0.25) is 0 Å². The number of hydrogen-bond acceptors (Lipinski definition) is 3. The van der Waals surface area contributed by atoms with Crippen molar-refractivity contribution in [1.29, 1.82) is 0 Å². The molecule has 0 aromatic heterocycles. The minimum Gasteiger partial charge on any atom is -0.378 e. The van der Waals surface area contributed by atoms with E-state index in [1.807, 2.05) is 0 Å². The van der Waals surface area contributed by atoms with Gasteiger partial charge in [0.25, 0.3) is 0 Å². The zero-order chi connectivity index (χ0) is 13.4. The molecule has 0 aromatic carbocycles. The number of Topliss-reactive ketones (excluding diaryl/α,β-unsaturated/α-hetero) is 1. The summed E-state index contributed by atoms with van der Waals surface area (Å²) in [7, 11) is 0. The van der Waals surface area contributed by atoms with E-state index < -0.39 is 29.7 Å². The lowest BCUT2D eigenvalue weighted by atomic mass is 9.81. The number of alkyl halides is 4. The van der Waals surface area contributed by atoms with Gasteiger partial charge < -0.3 is 9.47 Å². The third-order valence-corrected chi connectivity index (χ3v) is 3.53. The van der Waals surface area contributed by atoms with Gasteiger partial charge in [0.2, 0.25) is 5.78 Å². The summed E-state index contributed by atoms with van der Waals surface area (Å²) in [6.45, 7) is 0.794. The molecule has 1 spiro atoms. The van der Waals surface area contributed by atoms with E-state index in [1.54, 1.807) is 0 Å². The molecule has 2 unspecified atom stereocenters. The fourth-order valence-electron chi connectivity index (χ4n) is 2.49. The molecular weight excluding hydrogens is 256 g/mol. The summed E-state index contributed by atoms with van der Waals surface area (Å²) in [6, 6.07) is 0.